The van der Waals surface area contributed by atoms with Gasteiger partial charge in [-0.3, -0.25) is 5.10 Å². The average Bonchev–Trinajstić information content (AvgIpc) is 2.76. The zero-order valence-corrected chi connectivity index (χ0v) is 9.16. The number of aromatic nitrogens is 2. The molecule has 4 heteroatoms. The number of hydrogen-bond acceptors (Lipinski definition) is 3. The van der Waals surface area contributed by atoms with Crippen LogP contribution in [0.15, 0.2) is 6.07 Å². The summed E-state index contributed by atoms with van der Waals surface area (Å²) in [6.07, 6.45) is 4.31. The van der Waals surface area contributed by atoms with E-state index < -0.39 is 0 Å². The molecular formula is C11H18N2O2. The topological polar surface area (TPSA) is 47.1 Å². The van der Waals surface area contributed by atoms with Gasteiger partial charge in [-0.05, 0) is 31.7 Å². The van der Waals surface area contributed by atoms with Crippen LogP contribution >= 0.6 is 0 Å². The number of hydrogen-bond donors (Lipinski definition) is 1. The Morgan fingerprint density at radius 1 is 1.60 bits per heavy atom. The van der Waals surface area contributed by atoms with Crippen molar-refractivity contribution < 1.29 is 9.47 Å². The number of ether oxygens (including phenoxy) is 2. The lowest BCUT2D eigenvalue weighted by atomic mass is 10.2. The minimum atomic E-state index is -0.0273. The van der Waals surface area contributed by atoms with Gasteiger partial charge in [0.1, 0.15) is 0 Å². The van der Waals surface area contributed by atoms with Crippen LogP contribution in [0.5, 0.6) is 0 Å². The zero-order valence-electron chi connectivity index (χ0n) is 9.16. The Bertz CT molecular complexity index is 293. The molecule has 1 N–H and O–H groups in total. The fraction of sp³-hybridized carbons (Fsp3) is 0.727. The average molecular weight is 210 g/mol. The molecule has 0 saturated carbocycles. The number of rotatable bonds is 4. The summed E-state index contributed by atoms with van der Waals surface area (Å²) in [5.74, 6) is 0. The fourth-order valence-electron chi connectivity index (χ4n) is 1.69. The highest BCUT2D eigenvalue weighted by Crippen LogP contribution is 2.15. The SMILES string of the molecule is CCc1cc(COC2CCCCO2)n[nH]1. The Morgan fingerprint density at radius 3 is 3.20 bits per heavy atom. The van der Waals surface area contributed by atoms with Crippen molar-refractivity contribution in [1.29, 1.82) is 0 Å². The van der Waals surface area contributed by atoms with Crippen molar-refractivity contribution in [3.63, 3.8) is 0 Å². The maximum absolute atomic E-state index is 5.62. The molecule has 1 aliphatic rings. The molecule has 1 unspecified atom stereocenters. The first-order valence-electron chi connectivity index (χ1n) is 5.65. The second-order valence-electron chi connectivity index (χ2n) is 3.85. The van der Waals surface area contributed by atoms with Gasteiger partial charge in [-0.25, -0.2) is 0 Å². The summed E-state index contributed by atoms with van der Waals surface area (Å²) in [7, 11) is 0. The lowest BCUT2D eigenvalue weighted by Gasteiger charge is -2.22. The molecule has 0 radical (unpaired) electrons. The Balaban J connectivity index is 1.76. The summed E-state index contributed by atoms with van der Waals surface area (Å²) in [6.45, 7) is 3.47. The van der Waals surface area contributed by atoms with Crippen LogP contribution < -0.4 is 0 Å². The molecule has 1 atom stereocenters. The van der Waals surface area contributed by atoms with Crippen LogP contribution in [0.4, 0.5) is 0 Å². The van der Waals surface area contributed by atoms with Crippen LogP contribution in [0.2, 0.25) is 0 Å². The minimum Gasteiger partial charge on any atom is -0.353 e. The number of nitrogens with zero attached hydrogens (tertiary/aromatic N) is 1. The van der Waals surface area contributed by atoms with E-state index in [1.807, 2.05) is 6.07 Å². The van der Waals surface area contributed by atoms with Gasteiger partial charge in [-0.1, -0.05) is 6.92 Å². The lowest BCUT2D eigenvalue weighted by Crippen LogP contribution is -2.22. The Kier molecular flexibility index (Phi) is 3.75. The normalized spacial score (nSPS) is 21.8. The number of H-pyrrole nitrogens is 1. The molecule has 84 valence electrons. The number of aromatic amines is 1. The van der Waals surface area contributed by atoms with Gasteiger partial charge < -0.3 is 9.47 Å². The van der Waals surface area contributed by atoms with E-state index in [2.05, 4.69) is 17.1 Å². The third-order valence-electron chi connectivity index (χ3n) is 2.62. The van der Waals surface area contributed by atoms with Crippen molar-refractivity contribution in [2.45, 2.75) is 45.5 Å². The van der Waals surface area contributed by atoms with E-state index in [4.69, 9.17) is 9.47 Å². The molecule has 4 nitrogen and oxygen atoms in total. The van der Waals surface area contributed by atoms with Gasteiger partial charge in [0.2, 0.25) is 0 Å². The van der Waals surface area contributed by atoms with Crippen molar-refractivity contribution in [3.05, 3.63) is 17.5 Å². The van der Waals surface area contributed by atoms with Crippen LogP contribution in [0.25, 0.3) is 0 Å². The summed E-state index contributed by atoms with van der Waals surface area (Å²) >= 11 is 0. The predicted molar refractivity (Wildman–Crippen MR) is 56.3 cm³/mol. The van der Waals surface area contributed by atoms with Gasteiger partial charge in [-0.2, -0.15) is 5.10 Å². The summed E-state index contributed by atoms with van der Waals surface area (Å²) < 4.78 is 11.1. The molecule has 15 heavy (non-hydrogen) atoms. The van der Waals surface area contributed by atoms with Gasteiger partial charge in [0, 0.05) is 12.3 Å². The molecule has 2 rings (SSSR count). The van der Waals surface area contributed by atoms with Gasteiger partial charge in [-0.15, -0.1) is 0 Å². The molecular weight excluding hydrogens is 192 g/mol. The van der Waals surface area contributed by atoms with E-state index in [-0.39, 0.29) is 6.29 Å². The predicted octanol–water partition coefficient (Wildman–Crippen LogP) is 2.02. The molecule has 1 aromatic rings. The quantitative estimate of drug-likeness (QED) is 0.827. The van der Waals surface area contributed by atoms with Crippen LogP contribution in [-0.2, 0) is 22.5 Å². The van der Waals surface area contributed by atoms with E-state index in [1.165, 1.54) is 6.42 Å². The van der Waals surface area contributed by atoms with E-state index in [0.29, 0.717) is 6.61 Å². The summed E-state index contributed by atoms with van der Waals surface area (Å²) in [5, 5.41) is 7.14. The van der Waals surface area contributed by atoms with Crippen LogP contribution in [0.3, 0.4) is 0 Å². The maximum atomic E-state index is 5.62. The molecule has 0 amide bonds. The van der Waals surface area contributed by atoms with Gasteiger partial charge >= 0.3 is 0 Å². The van der Waals surface area contributed by atoms with Crippen molar-refractivity contribution in [3.8, 4) is 0 Å². The third-order valence-corrected chi connectivity index (χ3v) is 2.62. The zero-order chi connectivity index (χ0) is 10.5. The molecule has 2 heterocycles. The molecule has 0 spiro atoms. The number of aryl methyl sites for hydroxylation is 1. The van der Waals surface area contributed by atoms with Crippen LogP contribution in [-0.4, -0.2) is 23.1 Å². The van der Waals surface area contributed by atoms with E-state index in [1.54, 1.807) is 0 Å². The monoisotopic (exact) mass is 210 g/mol. The van der Waals surface area contributed by atoms with Crippen molar-refractivity contribution in [2.75, 3.05) is 6.61 Å². The molecule has 1 aliphatic heterocycles. The molecule has 1 fully saturated rings. The second kappa shape index (κ2) is 5.28. The molecule has 0 aliphatic carbocycles. The summed E-state index contributed by atoms with van der Waals surface area (Å²) in [4.78, 5) is 0. The highest BCUT2D eigenvalue weighted by atomic mass is 16.7. The Morgan fingerprint density at radius 2 is 2.53 bits per heavy atom. The maximum Gasteiger partial charge on any atom is 0.158 e. The lowest BCUT2D eigenvalue weighted by molar-refractivity contribution is -0.169. The largest absolute Gasteiger partial charge is 0.353 e. The number of nitrogens with one attached hydrogen (secondary N) is 1. The standard InChI is InChI=1S/C11H18N2O2/c1-2-9-7-10(13-12-9)8-15-11-5-3-4-6-14-11/h7,11H,2-6,8H2,1H3,(H,12,13). The van der Waals surface area contributed by atoms with E-state index in [0.717, 1.165) is 37.3 Å². The van der Waals surface area contributed by atoms with Gasteiger partial charge in [0.15, 0.2) is 6.29 Å². The third kappa shape index (κ3) is 3.04. The van der Waals surface area contributed by atoms with Gasteiger partial charge in [0.05, 0.1) is 12.3 Å². The second-order valence-corrected chi connectivity index (χ2v) is 3.85. The first-order valence-corrected chi connectivity index (χ1v) is 5.65. The highest BCUT2D eigenvalue weighted by molar-refractivity contribution is 5.07. The Hall–Kier alpha value is -0.870. The van der Waals surface area contributed by atoms with Crippen molar-refractivity contribution in [2.24, 2.45) is 0 Å². The first kappa shape index (κ1) is 10.6. The summed E-state index contributed by atoms with van der Waals surface area (Å²) in [5.41, 5.74) is 2.11. The van der Waals surface area contributed by atoms with Crippen molar-refractivity contribution in [1.82, 2.24) is 10.2 Å². The van der Waals surface area contributed by atoms with Crippen LogP contribution in [0.1, 0.15) is 37.6 Å². The van der Waals surface area contributed by atoms with E-state index in [9.17, 15) is 0 Å². The summed E-state index contributed by atoms with van der Waals surface area (Å²) in [6, 6.07) is 2.04. The molecule has 0 aromatic carbocycles. The van der Waals surface area contributed by atoms with Crippen molar-refractivity contribution >= 4 is 0 Å². The molecule has 0 bridgehead atoms. The van der Waals surface area contributed by atoms with E-state index >= 15 is 0 Å². The smallest absolute Gasteiger partial charge is 0.158 e. The first-order chi connectivity index (χ1) is 7.38. The highest BCUT2D eigenvalue weighted by Gasteiger charge is 2.14. The van der Waals surface area contributed by atoms with Gasteiger partial charge in [0.25, 0.3) is 0 Å². The van der Waals surface area contributed by atoms with Crippen LogP contribution in [0, 0.1) is 0 Å². The Labute approximate surface area is 90.0 Å². The minimum absolute atomic E-state index is 0.0273. The molecule has 1 saturated heterocycles. The molecule has 1 aromatic heterocycles. The fourth-order valence-corrected chi connectivity index (χ4v) is 1.69.